The number of hydrogen-bond donors (Lipinski definition) is 1. The molecule has 0 bridgehead atoms. The molecule has 1 aromatic rings. The summed E-state index contributed by atoms with van der Waals surface area (Å²) < 4.78 is 0. The van der Waals surface area contributed by atoms with Crippen LogP contribution in [0.5, 0.6) is 0 Å². The Hall–Kier alpha value is -2.23. The Morgan fingerprint density at radius 3 is 2.47 bits per heavy atom. The van der Waals surface area contributed by atoms with E-state index in [9.17, 15) is 0 Å². The monoisotopic (exact) mass is 259 g/mol. The molecule has 0 atom stereocenters. The Bertz CT molecular complexity index is 466. The van der Waals surface area contributed by atoms with Gasteiger partial charge in [0, 0.05) is 24.7 Å². The van der Waals surface area contributed by atoms with Gasteiger partial charge >= 0.3 is 0 Å². The molecule has 1 aromatic carbocycles. The minimum Gasteiger partial charge on any atom is -0.397 e. The third-order valence-electron chi connectivity index (χ3n) is 2.37. The minimum atomic E-state index is 0.686. The first-order valence-corrected chi connectivity index (χ1v) is 6.03. The van der Waals surface area contributed by atoms with Crippen LogP contribution in [0.15, 0.2) is 59.9 Å². The van der Waals surface area contributed by atoms with Crippen molar-refractivity contribution in [2.45, 2.75) is 13.3 Å². The predicted octanol–water partition coefficient (Wildman–Crippen LogP) is 2.91. The van der Waals surface area contributed by atoms with Crippen LogP contribution in [-0.2, 0) is 4.84 Å². The maximum absolute atomic E-state index is 4.90. The fraction of sp³-hybridized carbons (Fsp3) is 0.267. The van der Waals surface area contributed by atoms with Crippen LogP contribution in [0.1, 0.15) is 18.9 Å². The van der Waals surface area contributed by atoms with Crippen molar-refractivity contribution in [3.8, 4) is 0 Å². The van der Waals surface area contributed by atoms with Crippen molar-refractivity contribution in [2.24, 2.45) is 5.16 Å². The highest BCUT2D eigenvalue weighted by molar-refractivity contribution is 5.98. The van der Waals surface area contributed by atoms with Gasteiger partial charge in [0.2, 0.25) is 0 Å². The first-order valence-electron chi connectivity index (χ1n) is 6.03. The molecule has 19 heavy (non-hydrogen) atoms. The quantitative estimate of drug-likeness (QED) is 0.369. The summed E-state index contributed by atoms with van der Waals surface area (Å²) in [7, 11) is 3.40. The molecule has 0 unspecified atom stereocenters. The van der Waals surface area contributed by atoms with Gasteiger partial charge in [-0.15, -0.1) is 0 Å². The molecule has 0 saturated heterocycles. The second-order valence-electron chi connectivity index (χ2n) is 4.37. The summed E-state index contributed by atoms with van der Waals surface area (Å²) in [5.41, 5.74) is 6.03. The average Bonchev–Trinajstić information content (AvgIpc) is 2.35. The van der Waals surface area contributed by atoms with Gasteiger partial charge in [-0.3, -0.25) is 5.01 Å². The van der Waals surface area contributed by atoms with E-state index in [2.05, 4.69) is 23.7 Å². The van der Waals surface area contributed by atoms with Crippen molar-refractivity contribution in [3.05, 3.63) is 60.3 Å². The summed E-state index contributed by atoms with van der Waals surface area (Å²) in [6.45, 7) is 9.80. The van der Waals surface area contributed by atoms with Crippen molar-refractivity contribution < 1.29 is 4.84 Å². The van der Waals surface area contributed by atoms with Gasteiger partial charge in [0.05, 0.1) is 0 Å². The standard InChI is InChI=1S/C15H21N3O/c1-12(2)11-13(3)16-18(4)15(17-19-5)14-9-7-6-8-10-14/h6-10,16H,1,3,11H2,2,4-5H3/b17-15+. The summed E-state index contributed by atoms with van der Waals surface area (Å²) in [6.07, 6.45) is 0.722. The SMILES string of the molecule is C=C(C)CC(=C)NN(C)/C(=N/OC)c1ccccc1. The molecule has 1 N–H and O–H groups in total. The Labute approximate surface area is 115 Å². The lowest BCUT2D eigenvalue weighted by molar-refractivity contribution is 0.205. The summed E-state index contributed by atoms with van der Waals surface area (Å²) in [5.74, 6) is 0.686. The summed E-state index contributed by atoms with van der Waals surface area (Å²) in [4.78, 5) is 4.90. The van der Waals surface area contributed by atoms with Crippen molar-refractivity contribution in [1.82, 2.24) is 10.4 Å². The van der Waals surface area contributed by atoms with E-state index >= 15 is 0 Å². The number of amidine groups is 1. The molecular formula is C15H21N3O. The van der Waals surface area contributed by atoms with Gasteiger partial charge in [0.1, 0.15) is 7.11 Å². The first kappa shape index (κ1) is 14.8. The average molecular weight is 259 g/mol. The molecule has 0 aromatic heterocycles. The molecule has 0 spiro atoms. The second-order valence-corrected chi connectivity index (χ2v) is 4.37. The fourth-order valence-electron chi connectivity index (χ4n) is 1.68. The molecule has 0 saturated carbocycles. The number of allylic oxidation sites excluding steroid dienone is 1. The van der Waals surface area contributed by atoms with Crippen LogP contribution in [0.25, 0.3) is 0 Å². The molecule has 0 amide bonds. The highest BCUT2D eigenvalue weighted by Gasteiger charge is 2.10. The smallest absolute Gasteiger partial charge is 0.193 e. The number of rotatable bonds is 6. The third kappa shape index (κ3) is 4.87. The minimum absolute atomic E-state index is 0.686. The van der Waals surface area contributed by atoms with E-state index in [0.29, 0.717) is 5.84 Å². The lowest BCUT2D eigenvalue weighted by Gasteiger charge is -2.24. The van der Waals surface area contributed by atoms with Crippen LogP contribution >= 0.6 is 0 Å². The second kappa shape index (κ2) is 7.26. The van der Waals surface area contributed by atoms with E-state index in [4.69, 9.17) is 4.84 Å². The van der Waals surface area contributed by atoms with Gasteiger partial charge in [-0.2, -0.15) is 0 Å². The molecule has 0 radical (unpaired) electrons. The Balaban J connectivity index is 2.81. The van der Waals surface area contributed by atoms with Crippen LogP contribution in [0.2, 0.25) is 0 Å². The molecule has 1 rings (SSSR count). The Kier molecular flexibility index (Phi) is 5.67. The van der Waals surface area contributed by atoms with Crippen LogP contribution in [0, 0.1) is 0 Å². The largest absolute Gasteiger partial charge is 0.397 e. The zero-order valence-corrected chi connectivity index (χ0v) is 11.8. The molecule has 4 heteroatoms. The van der Waals surface area contributed by atoms with Crippen molar-refractivity contribution in [3.63, 3.8) is 0 Å². The Morgan fingerprint density at radius 2 is 1.95 bits per heavy atom. The predicted molar refractivity (Wildman–Crippen MR) is 79.5 cm³/mol. The molecule has 102 valence electrons. The van der Waals surface area contributed by atoms with E-state index in [1.165, 1.54) is 7.11 Å². The first-order chi connectivity index (χ1) is 9.04. The zero-order valence-electron chi connectivity index (χ0n) is 11.8. The van der Waals surface area contributed by atoms with Crippen LogP contribution < -0.4 is 5.43 Å². The van der Waals surface area contributed by atoms with Crippen molar-refractivity contribution >= 4 is 5.84 Å². The van der Waals surface area contributed by atoms with Gasteiger partial charge < -0.3 is 10.3 Å². The van der Waals surface area contributed by atoms with Gasteiger partial charge in [0.25, 0.3) is 0 Å². The topological polar surface area (TPSA) is 36.9 Å². The van der Waals surface area contributed by atoms with E-state index in [1.54, 1.807) is 5.01 Å². The number of hydrazine groups is 1. The maximum Gasteiger partial charge on any atom is 0.193 e. The number of hydrogen-bond acceptors (Lipinski definition) is 3. The summed E-state index contributed by atoms with van der Waals surface area (Å²) >= 11 is 0. The summed E-state index contributed by atoms with van der Waals surface area (Å²) in [5, 5.41) is 5.82. The number of nitrogens with zero attached hydrogens (tertiary/aromatic N) is 2. The zero-order chi connectivity index (χ0) is 14.3. The van der Waals surface area contributed by atoms with Crippen LogP contribution in [0.3, 0.4) is 0 Å². The van der Waals surface area contributed by atoms with E-state index < -0.39 is 0 Å². The van der Waals surface area contributed by atoms with Crippen molar-refractivity contribution in [1.29, 1.82) is 0 Å². The molecule has 0 aliphatic heterocycles. The van der Waals surface area contributed by atoms with Crippen LogP contribution in [-0.4, -0.2) is 25.0 Å². The van der Waals surface area contributed by atoms with E-state index in [-0.39, 0.29) is 0 Å². The molecule has 0 aliphatic rings. The van der Waals surface area contributed by atoms with E-state index in [1.807, 2.05) is 44.3 Å². The lowest BCUT2D eigenvalue weighted by atomic mass is 10.2. The van der Waals surface area contributed by atoms with Gasteiger partial charge in [-0.1, -0.05) is 54.2 Å². The molecule has 0 heterocycles. The highest BCUT2D eigenvalue weighted by atomic mass is 16.6. The highest BCUT2D eigenvalue weighted by Crippen LogP contribution is 2.07. The normalized spacial score (nSPS) is 10.8. The van der Waals surface area contributed by atoms with Gasteiger partial charge in [-0.25, -0.2) is 0 Å². The third-order valence-corrected chi connectivity index (χ3v) is 2.37. The molecule has 4 nitrogen and oxygen atoms in total. The summed E-state index contributed by atoms with van der Waals surface area (Å²) in [6, 6.07) is 9.81. The van der Waals surface area contributed by atoms with Crippen molar-refractivity contribution in [2.75, 3.05) is 14.2 Å². The molecular weight excluding hydrogens is 238 g/mol. The van der Waals surface area contributed by atoms with Gasteiger partial charge in [-0.05, 0) is 6.92 Å². The molecule has 0 fully saturated rings. The number of benzene rings is 1. The number of oxime groups is 1. The lowest BCUT2D eigenvalue weighted by Crippen LogP contribution is -2.39. The van der Waals surface area contributed by atoms with Crippen LogP contribution in [0.4, 0.5) is 0 Å². The molecule has 0 aliphatic carbocycles. The Morgan fingerprint density at radius 1 is 1.32 bits per heavy atom. The fourth-order valence-corrected chi connectivity index (χ4v) is 1.68. The maximum atomic E-state index is 4.90. The number of nitrogens with one attached hydrogen (secondary N) is 1. The van der Waals surface area contributed by atoms with Gasteiger partial charge in [0.15, 0.2) is 5.84 Å². The van der Waals surface area contributed by atoms with E-state index in [0.717, 1.165) is 23.3 Å².